The van der Waals surface area contributed by atoms with E-state index in [4.69, 9.17) is 24.0 Å². The molecule has 0 radical (unpaired) electrons. The Morgan fingerprint density at radius 3 is 1.18 bits per heavy atom. The van der Waals surface area contributed by atoms with Crippen molar-refractivity contribution >= 4 is 25.0 Å². The van der Waals surface area contributed by atoms with Crippen LogP contribution in [-0.2, 0) is 4.46 Å². The maximum atomic E-state index is 8.95. The fourth-order valence-corrected chi connectivity index (χ4v) is 0. The molecule has 48 valence electrons. The van der Waals surface area contributed by atoms with Gasteiger partial charge in [0, 0.05) is 14.8 Å². The molecule has 0 amide bonds. The molecule has 11 heavy (non-hydrogen) atoms. The number of hydrogen-bond acceptors (Lipinski definition) is 5. The average molecular weight is 172 g/mol. The zero-order valence-corrected chi connectivity index (χ0v) is 10.0. The second-order valence-corrected chi connectivity index (χ2v) is 2.06. The van der Waals surface area contributed by atoms with Crippen LogP contribution in [0.15, 0.2) is 0 Å². The number of carbonyl (C=O) groups is 1. The molecule has 0 spiro atoms. The summed E-state index contributed by atoms with van der Waals surface area (Å²) in [7, 11) is -3.48. The van der Waals surface area contributed by atoms with E-state index in [1.54, 1.807) is 0 Å². The Hall–Kier alpha value is 1.10. The van der Waals surface area contributed by atoms with E-state index in [2.05, 4.69) is 0 Å². The first-order chi connectivity index (χ1) is 3.46. The monoisotopic (exact) mass is 172 g/mol. The average Bonchev–Trinajstić information content (AvgIpc) is 1.25. The summed E-state index contributed by atoms with van der Waals surface area (Å²) in [4.78, 5) is 26.0. The third-order valence-electron chi connectivity index (χ3n) is 0. The topological polar surface area (TPSA) is 103 Å². The van der Waals surface area contributed by atoms with E-state index < -0.39 is 14.8 Å². The van der Waals surface area contributed by atoms with Gasteiger partial charge in [-0.3, -0.25) is 0 Å². The number of carbonyl (C=O) groups excluding carboxylic acids is 1. The second kappa shape index (κ2) is 22.5. The van der Waals surface area contributed by atoms with Crippen LogP contribution in [0.25, 0.3) is 0 Å². The van der Waals surface area contributed by atoms with Gasteiger partial charge in [0.15, 0.2) is 0 Å². The zero-order valence-electron chi connectivity index (χ0n) is 7.04. The third-order valence-corrected chi connectivity index (χ3v) is 0. The molecule has 0 N–H and O–H groups in total. The van der Waals surface area contributed by atoms with Crippen LogP contribution in [0, 0.1) is 0 Å². The molecule has 5 nitrogen and oxygen atoms in total. The van der Waals surface area contributed by atoms with E-state index >= 15 is 0 Å². The fourth-order valence-electron chi connectivity index (χ4n) is 0. The summed E-state index contributed by atoms with van der Waals surface area (Å²) >= 11 is 0. The van der Waals surface area contributed by atoms with E-state index in [9.17, 15) is 0 Å². The van der Waals surface area contributed by atoms with Gasteiger partial charge < -0.3 is 24.0 Å². The quantitative estimate of drug-likeness (QED) is 0.337. The van der Waals surface area contributed by atoms with Crippen molar-refractivity contribution in [3.05, 3.63) is 0 Å². The van der Waals surface area contributed by atoms with Crippen LogP contribution in [0.5, 0.6) is 0 Å². The normalized spacial score (nSPS) is 4.73. The Kier molecular flexibility index (Phi) is 60.4. The standard InChI is InChI=1S/CH4O2Si.3Li.O3Si/c2-1(3)4;;;;1-4(2)3/h4H3,(H,2,3);;;;/q;3*+1;-2/p-1. The molecule has 10 heteroatoms. The summed E-state index contributed by atoms with van der Waals surface area (Å²) in [5.74, 6) is 0. The minimum atomic E-state index is -3.63. The first-order valence-electron chi connectivity index (χ1n) is 1.52. The van der Waals surface area contributed by atoms with Crippen molar-refractivity contribution in [3.63, 3.8) is 0 Å². The molecule has 0 aromatic heterocycles. The first kappa shape index (κ1) is 29.6. The van der Waals surface area contributed by atoms with Crippen molar-refractivity contribution in [1.29, 1.82) is 0 Å². The van der Waals surface area contributed by atoms with Gasteiger partial charge in [0.25, 0.3) is 0 Å². The van der Waals surface area contributed by atoms with Crippen LogP contribution in [0.4, 0.5) is 4.79 Å². The van der Waals surface area contributed by atoms with Crippen LogP contribution in [0.1, 0.15) is 0 Å². The molecule has 0 aromatic rings. The smallest absolute Gasteiger partial charge is 0.672 e. The SMILES string of the molecule is O=C([O-])[SiH3].O=[Si]([O-])[O-].[Li+].[Li+].[Li+]. The van der Waals surface area contributed by atoms with Crippen molar-refractivity contribution in [2.75, 3.05) is 0 Å². The van der Waals surface area contributed by atoms with Crippen LogP contribution < -0.4 is 71.3 Å². The second-order valence-electron chi connectivity index (χ2n) is 0.742. The van der Waals surface area contributed by atoms with Gasteiger partial charge in [-0.05, 0) is 0 Å². The van der Waals surface area contributed by atoms with E-state index in [0.29, 0.717) is 0 Å². The summed E-state index contributed by atoms with van der Waals surface area (Å²) in [5.41, 5.74) is -0.944. The van der Waals surface area contributed by atoms with E-state index in [-0.39, 0.29) is 66.8 Å². The van der Waals surface area contributed by atoms with Crippen LogP contribution in [-0.4, -0.2) is 25.0 Å². The van der Waals surface area contributed by atoms with E-state index in [0.717, 1.165) is 0 Å². The van der Waals surface area contributed by atoms with Gasteiger partial charge in [-0.2, -0.15) is 0 Å². The van der Waals surface area contributed by atoms with Crippen molar-refractivity contribution in [1.82, 2.24) is 0 Å². The summed E-state index contributed by atoms with van der Waals surface area (Å²) in [6.07, 6.45) is 0. The molecule has 0 atom stereocenters. The molecule has 0 bridgehead atoms. The van der Waals surface area contributed by atoms with Gasteiger partial charge >= 0.3 is 56.6 Å². The predicted molar refractivity (Wildman–Crippen MR) is 21.8 cm³/mol. The van der Waals surface area contributed by atoms with Gasteiger partial charge in [0.1, 0.15) is 0 Å². The minimum Gasteiger partial charge on any atom is -0.672 e. The first-order valence-corrected chi connectivity index (χ1v) is 3.75. The van der Waals surface area contributed by atoms with Gasteiger partial charge in [0.05, 0.1) is 10.2 Å². The molecule has 0 unspecified atom stereocenters. The van der Waals surface area contributed by atoms with Gasteiger partial charge in [-0.25, -0.2) is 0 Å². The molecule has 0 rings (SSSR count). The van der Waals surface area contributed by atoms with Crippen molar-refractivity contribution < 1.29 is 80.5 Å². The molecule has 0 saturated carbocycles. The molecule has 0 aliphatic heterocycles. The van der Waals surface area contributed by atoms with Crippen molar-refractivity contribution in [2.24, 2.45) is 0 Å². The summed E-state index contributed by atoms with van der Waals surface area (Å²) in [6.45, 7) is 0. The molecular weight excluding hydrogens is 169 g/mol. The Bertz CT molecular complexity index is 77.7. The van der Waals surface area contributed by atoms with Crippen LogP contribution in [0.3, 0.4) is 0 Å². The van der Waals surface area contributed by atoms with Gasteiger partial charge in [0.2, 0.25) is 0 Å². The maximum absolute atomic E-state index is 8.95. The molecule has 0 saturated heterocycles. The largest absolute Gasteiger partial charge is 1.00 e. The zero-order chi connectivity index (χ0) is 7.15. The maximum Gasteiger partial charge on any atom is 1.00 e. The Balaban J connectivity index is -0.0000000171. The van der Waals surface area contributed by atoms with Crippen LogP contribution in [0.2, 0.25) is 0 Å². The van der Waals surface area contributed by atoms with Crippen LogP contribution >= 0.6 is 0 Å². The number of carboxylic acid groups (broad SMARTS) is 1. The Morgan fingerprint density at radius 1 is 1.18 bits per heavy atom. The van der Waals surface area contributed by atoms with E-state index in [1.807, 2.05) is 0 Å². The minimum absolute atomic E-state index is 0. The third kappa shape index (κ3) is 764. The predicted octanol–water partition coefficient (Wildman–Crippen LogP) is -14.2. The summed E-state index contributed by atoms with van der Waals surface area (Å²) in [5, 5.41) is 8.95. The number of hydrogen-bond donors (Lipinski definition) is 0. The molecular formula is CH3Li3O5Si2. The Labute approximate surface area is 105 Å². The molecule has 0 heterocycles. The van der Waals surface area contributed by atoms with E-state index in [1.165, 1.54) is 0 Å². The summed E-state index contributed by atoms with van der Waals surface area (Å²) in [6, 6.07) is 0. The molecule has 0 aromatic carbocycles. The van der Waals surface area contributed by atoms with Gasteiger partial charge in [-0.1, -0.05) is 0 Å². The fraction of sp³-hybridized carbons (Fsp3) is 0. The molecule has 0 fully saturated rings. The summed E-state index contributed by atoms with van der Waals surface area (Å²) < 4.78 is 8.52. The van der Waals surface area contributed by atoms with Gasteiger partial charge in [-0.15, -0.1) is 0 Å². The molecule has 0 aliphatic carbocycles. The van der Waals surface area contributed by atoms with Crippen molar-refractivity contribution in [2.45, 2.75) is 0 Å². The molecule has 0 aliphatic rings. The number of rotatable bonds is 0. The van der Waals surface area contributed by atoms with Crippen molar-refractivity contribution in [3.8, 4) is 0 Å². The Morgan fingerprint density at radius 2 is 1.18 bits per heavy atom.